The van der Waals surface area contributed by atoms with Crippen LogP contribution in [0.2, 0.25) is 5.02 Å². The Morgan fingerprint density at radius 2 is 1.81 bits per heavy atom. The first-order valence-corrected chi connectivity index (χ1v) is 13.8. The van der Waals surface area contributed by atoms with E-state index in [0.717, 1.165) is 28.5 Å². The summed E-state index contributed by atoms with van der Waals surface area (Å²) in [5, 5.41) is 9.98. The molecule has 0 aliphatic rings. The number of aromatic nitrogens is 2. The van der Waals surface area contributed by atoms with Gasteiger partial charge in [0.15, 0.2) is 26.4 Å². The highest BCUT2D eigenvalue weighted by molar-refractivity contribution is 7.90. The van der Waals surface area contributed by atoms with Gasteiger partial charge in [-0.2, -0.15) is 5.26 Å². The summed E-state index contributed by atoms with van der Waals surface area (Å²) < 4.78 is 31.2. The Labute approximate surface area is 220 Å². The van der Waals surface area contributed by atoms with Crippen molar-refractivity contribution in [1.29, 1.82) is 5.26 Å². The first kappa shape index (κ1) is 25.8. The van der Waals surface area contributed by atoms with Gasteiger partial charge in [-0.15, -0.1) is 11.6 Å². The van der Waals surface area contributed by atoms with Crippen molar-refractivity contribution in [2.24, 2.45) is 0 Å². The van der Waals surface area contributed by atoms with E-state index in [0.29, 0.717) is 27.9 Å². The molecule has 0 bridgehead atoms. The minimum absolute atomic E-state index is 0.0179. The van der Waals surface area contributed by atoms with E-state index in [4.69, 9.17) is 33.7 Å². The summed E-state index contributed by atoms with van der Waals surface area (Å²) in [4.78, 5) is 4.22. The average Bonchev–Trinajstić information content (AvgIpc) is 3.18. The highest BCUT2D eigenvalue weighted by Gasteiger charge is 2.26. The maximum Gasteiger partial charge on any atom is 0.195 e. The molecule has 0 fully saturated rings. The van der Waals surface area contributed by atoms with E-state index >= 15 is 0 Å². The number of pyridine rings is 1. The number of nitriles is 1. The zero-order chi connectivity index (χ0) is 26.3. The Hall–Kier alpha value is -3.25. The van der Waals surface area contributed by atoms with Crippen LogP contribution in [0.25, 0.3) is 16.8 Å². The van der Waals surface area contributed by atoms with Gasteiger partial charge in [-0.3, -0.25) is 4.40 Å². The number of hydrogen-bond acceptors (Lipinski definition) is 6. The van der Waals surface area contributed by atoms with E-state index in [-0.39, 0.29) is 17.5 Å². The normalized spacial score (nSPS) is 12.0. The van der Waals surface area contributed by atoms with E-state index < -0.39 is 15.3 Å². The molecule has 2 aromatic carbocycles. The monoisotopic (exact) mass is 542 g/mol. The number of nitrogens with zero attached hydrogens (tertiary/aromatic N) is 3. The molecule has 0 unspecified atom stereocenters. The van der Waals surface area contributed by atoms with Crippen LogP contribution in [0.3, 0.4) is 0 Å². The Morgan fingerprint density at radius 3 is 2.42 bits per heavy atom. The number of anilines is 1. The highest BCUT2D eigenvalue weighted by atomic mass is 35.5. The average molecular weight is 543 g/mol. The van der Waals surface area contributed by atoms with Gasteiger partial charge in [-0.1, -0.05) is 49.7 Å². The van der Waals surface area contributed by atoms with Crippen molar-refractivity contribution in [2.45, 2.75) is 24.3 Å². The van der Waals surface area contributed by atoms with Crippen molar-refractivity contribution in [3.05, 3.63) is 76.4 Å². The molecule has 0 amide bonds. The molecule has 0 radical (unpaired) electrons. The molecule has 0 spiro atoms. The lowest BCUT2D eigenvalue weighted by Crippen LogP contribution is -2.19. The highest BCUT2D eigenvalue weighted by Crippen LogP contribution is 2.39. The number of nitrogens with two attached hydrogens (primary N) is 1. The number of halogens is 2. The molecule has 2 heterocycles. The van der Waals surface area contributed by atoms with Gasteiger partial charge in [0.25, 0.3) is 0 Å². The van der Waals surface area contributed by atoms with Crippen LogP contribution in [-0.2, 0) is 15.3 Å². The van der Waals surface area contributed by atoms with Crippen LogP contribution < -0.4 is 10.5 Å². The summed E-state index contributed by atoms with van der Waals surface area (Å²) in [6, 6.07) is 17.4. The van der Waals surface area contributed by atoms with Gasteiger partial charge >= 0.3 is 0 Å². The van der Waals surface area contributed by atoms with Crippen LogP contribution in [0.1, 0.15) is 30.5 Å². The van der Waals surface area contributed by atoms with E-state index in [2.05, 4.69) is 24.9 Å². The molecule has 4 rings (SSSR count). The largest absolute Gasteiger partial charge is 0.489 e. The molecule has 0 saturated heterocycles. The summed E-state index contributed by atoms with van der Waals surface area (Å²) in [7, 11) is -3.53. The number of sulfone groups is 1. The van der Waals surface area contributed by atoms with Gasteiger partial charge in [0.05, 0.1) is 16.5 Å². The predicted molar refractivity (Wildman–Crippen MR) is 143 cm³/mol. The number of alkyl halides is 1. The standard InChI is InChI=1S/C26H24Cl2N4O3S/c1-26(2,20-12-18(15-29)23(21(28)14-20)35-11-9-27)19-6-4-16(5-7-19)17-8-10-32-22(13-17)31-24(30)25(32)36(3,33)34/h4-8,10,12-14H,9,11,30H2,1-3H3. The molecule has 10 heteroatoms. The fourth-order valence-electron chi connectivity index (χ4n) is 4.16. The van der Waals surface area contributed by atoms with Crippen LogP contribution in [0.15, 0.2) is 59.8 Å². The van der Waals surface area contributed by atoms with Crippen molar-refractivity contribution in [1.82, 2.24) is 9.38 Å². The Morgan fingerprint density at radius 1 is 1.11 bits per heavy atom. The summed E-state index contributed by atoms with van der Waals surface area (Å²) in [6.07, 6.45) is 2.76. The topological polar surface area (TPSA) is 110 Å². The Kier molecular flexibility index (Phi) is 6.93. The number of hydrogen-bond donors (Lipinski definition) is 1. The van der Waals surface area contributed by atoms with Crippen molar-refractivity contribution in [3.8, 4) is 22.9 Å². The van der Waals surface area contributed by atoms with E-state index in [9.17, 15) is 13.7 Å². The first-order chi connectivity index (χ1) is 17.0. The van der Waals surface area contributed by atoms with Gasteiger partial charge < -0.3 is 10.5 Å². The van der Waals surface area contributed by atoms with Gasteiger partial charge in [-0.25, -0.2) is 13.4 Å². The SMILES string of the molecule is CC(C)(c1ccc(-c2ccn3c(S(C)(=O)=O)c(N)nc3c2)cc1)c1cc(Cl)c(OCCCl)c(C#N)c1. The number of ether oxygens (including phenoxy) is 1. The quantitative estimate of drug-likeness (QED) is 0.310. The van der Waals surface area contributed by atoms with Gasteiger partial charge in [0, 0.05) is 17.9 Å². The molecular weight excluding hydrogens is 519 g/mol. The number of fused-ring (bicyclic) bond motifs is 1. The number of benzene rings is 2. The van der Waals surface area contributed by atoms with Gasteiger partial charge in [-0.05, 0) is 46.5 Å². The third-order valence-electron chi connectivity index (χ3n) is 6.11. The third kappa shape index (κ3) is 4.74. The molecule has 2 N–H and O–H groups in total. The second kappa shape index (κ2) is 9.66. The van der Waals surface area contributed by atoms with Crippen molar-refractivity contribution < 1.29 is 13.2 Å². The van der Waals surface area contributed by atoms with Crippen LogP contribution in [0.5, 0.6) is 5.75 Å². The molecule has 0 atom stereocenters. The zero-order valence-corrected chi connectivity index (χ0v) is 22.2. The van der Waals surface area contributed by atoms with Crippen molar-refractivity contribution >= 4 is 44.5 Å². The van der Waals surface area contributed by atoms with Gasteiger partial charge in [0.2, 0.25) is 0 Å². The van der Waals surface area contributed by atoms with Crippen LogP contribution >= 0.6 is 23.2 Å². The molecule has 2 aromatic heterocycles. The summed E-state index contributed by atoms with van der Waals surface area (Å²) in [6.45, 7) is 4.37. The van der Waals surface area contributed by atoms with Gasteiger partial charge in [0.1, 0.15) is 18.3 Å². The Balaban J connectivity index is 1.68. The molecule has 36 heavy (non-hydrogen) atoms. The summed E-state index contributed by atoms with van der Waals surface area (Å²) in [5.74, 6) is 0.602. The molecule has 7 nitrogen and oxygen atoms in total. The maximum absolute atomic E-state index is 12.1. The molecule has 0 aliphatic carbocycles. The fraction of sp³-hybridized carbons (Fsp3) is 0.231. The minimum Gasteiger partial charge on any atom is -0.489 e. The van der Waals surface area contributed by atoms with Crippen LogP contribution in [0, 0.1) is 11.3 Å². The fourth-order valence-corrected chi connectivity index (χ4v) is 5.45. The molecule has 0 aliphatic heterocycles. The lowest BCUT2D eigenvalue weighted by atomic mass is 9.77. The molecular formula is C26H24Cl2N4O3S. The van der Waals surface area contributed by atoms with Crippen molar-refractivity contribution in [3.63, 3.8) is 0 Å². The lowest BCUT2D eigenvalue weighted by molar-refractivity contribution is 0.341. The third-order valence-corrected chi connectivity index (χ3v) is 7.65. The molecule has 186 valence electrons. The van der Waals surface area contributed by atoms with Crippen LogP contribution in [-0.4, -0.2) is 36.5 Å². The zero-order valence-electron chi connectivity index (χ0n) is 19.9. The second-order valence-corrected chi connectivity index (χ2v) is 11.6. The van der Waals surface area contributed by atoms with Crippen molar-refractivity contribution in [2.75, 3.05) is 24.5 Å². The lowest BCUT2D eigenvalue weighted by Gasteiger charge is -2.27. The van der Waals surface area contributed by atoms with E-state index in [1.807, 2.05) is 36.4 Å². The Bertz CT molecular complexity index is 1610. The number of rotatable bonds is 7. The van der Waals surface area contributed by atoms with E-state index in [1.165, 1.54) is 4.40 Å². The first-order valence-electron chi connectivity index (χ1n) is 11.0. The summed E-state index contributed by atoms with van der Waals surface area (Å²) in [5.41, 5.74) is 9.90. The smallest absolute Gasteiger partial charge is 0.195 e. The number of nitrogen functional groups attached to an aromatic ring is 1. The molecule has 4 aromatic rings. The van der Waals surface area contributed by atoms with E-state index in [1.54, 1.807) is 18.3 Å². The predicted octanol–water partition coefficient (Wildman–Crippen LogP) is 5.46. The molecule has 0 saturated carbocycles. The maximum atomic E-state index is 12.1. The second-order valence-electron chi connectivity index (χ2n) is 8.90. The summed E-state index contributed by atoms with van der Waals surface area (Å²) >= 11 is 12.2. The number of imidazole rings is 1. The van der Waals surface area contributed by atoms with Crippen LogP contribution in [0.4, 0.5) is 5.82 Å². The minimum atomic E-state index is -3.53.